The molecule has 2 N–H and O–H groups in total. The molecule has 4 nitrogen and oxygen atoms in total. The zero-order chi connectivity index (χ0) is 9.35. The van der Waals surface area contributed by atoms with Crippen LogP contribution in [0.5, 0.6) is 0 Å². The van der Waals surface area contributed by atoms with E-state index in [1.54, 1.807) is 0 Å². The van der Waals surface area contributed by atoms with Crippen LogP contribution in [0.2, 0.25) is 0 Å². The lowest BCUT2D eigenvalue weighted by atomic mass is 10.2. The summed E-state index contributed by atoms with van der Waals surface area (Å²) >= 11 is 0. The van der Waals surface area contributed by atoms with Crippen LogP contribution in [0, 0.1) is 0 Å². The van der Waals surface area contributed by atoms with Crippen LogP contribution in [0.1, 0.15) is 11.7 Å². The van der Waals surface area contributed by atoms with Crippen molar-refractivity contribution in [1.82, 2.24) is 15.0 Å². The highest BCUT2D eigenvalue weighted by Gasteiger charge is 2.39. The van der Waals surface area contributed by atoms with Crippen LogP contribution in [-0.2, 0) is 7.05 Å². The van der Waals surface area contributed by atoms with Crippen molar-refractivity contribution < 1.29 is 13.2 Å². The van der Waals surface area contributed by atoms with Crippen LogP contribution in [0.15, 0.2) is 6.20 Å². The second kappa shape index (κ2) is 2.74. The third-order valence-corrected chi connectivity index (χ3v) is 1.29. The van der Waals surface area contributed by atoms with Gasteiger partial charge in [0.25, 0.3) is 0 Å². The maximum Gasteiger partial charge on any atom is 0.409 e. The summed E-state index contributed by atoms with van der Waals surface area (Å²) in [5.41, 5.74) is 4.57. The fraction of sp³-hybridized carbons (Fsp3) is 0.600. The van der Waals surface area contributed by atoms with Crippen molar-refractivity contribution in [2.24, 2.45) is 12.8 Å². The highest BCUT2D eigenvalue weighted by molar-refractivity contribution is 5.01. The first-order valence-corrected chi connectivity index (χ1v) is 3.10. The number of hydrogen-bond donors (Lipinski definition) is 1. The topological polar surface area (TPSA) is 56.7 Å². The highest BCUT2D eigenvalue weighted by Crippen LogP contribution is 2.28. The minimum absolute atomic E-state index is 0.273. The molecule has 12 heavy (non-hydrogen) atoms. The Morgan fingerprint density at radius 2 is 2.17 bits per heavy atom. The molecule has 0 bridgehead atoms. The van der Waals surface area contributed by atoms with Crippen LogP contribution >= 0.6 is 0 Å². The summed E-state index contributed by atoms with van der Waals surface area (Å²) in [6.07, 6.45) is -3.46. The van der Waals surface area contributed by atoms with Crippen molar-refractivity contribution in [3.8, 4) is 0 Å². The fourth-order valence-corrected chi connectivity index (χ4v) is 0.672. The smallest absolute Gasteiger partial charge is 0.315 e. The Kier molecular flexibility index (Phi) is 2.05. The van der Waals surface area contributed by atoms with Crippen molar-refractivity contribution in [3.63, 3.8) is 0 Å². The monoisotopic (exact) mass is 180 g/mol. The predicted molar refractivity (Wildman–Crippen MR) is 34.0 cm³/mol. The normalized spacial score (nSPS) is 14.8. The summed E-state index contributed by atoms with van der Waals surface area (Å²) in [5, 5.41) is 6.91. The van der Waals surface area contributed by atoms with Gasteiger partial charge in [0.2, 0.25) is 0 Å². The van der Waals surface area contributed by atoms with Gasteiger partial charge in [-0.2, -0.15) is 28.2 Å². The Bertz CT molecular complexity index is 266. The fourth-order valence-electron chi connectivity index (χ4n) is 0.672. The van der Waals surface area contributed by atoms with Gasteiger partial charge >= 0.3 is 6.18 Å². The van der Waals surface area contributed by atoms with E-state index in [-0.39, 0.29) is 5.69 Å². The molecule has 1 rings (SSSR count). The van der Waals surface area contributed by atoms with Crippen molar-refractivity contribution >= 4 is 0 Å². The van der Waals surface area contributed by atoms with Gasteiger partial charge in [0.15, 0.2) is 0 Å². The molecule has 0 fully saturated rings. The van der Waals surface area contributed by atoms with Gasteiger partial charge in [-0.05, 0) is 0 Å². The second-order valence-corrected chi connectivity index (χ2v) is 2.28. The molecule has 1 aromatic heterocycles. The molecule has 68 valence electrons. The Morgan fingerprint density at radius 1 is 1.58 bits per heavy atom. The van der Waals surface area contributed by atoms with E-state index in [0.717, 1.165) is 11.0 Å². The Balaban J connectivity index is 2.85. The molecule has 0 saturated heterocycles. The zero-order valence-electron chi connectivity index (χ0n) is 6.21. The number of aryl methyl sites for hydroxylation is 1. The molecule has 1 unspecified atom stereocenters. The van der Waals surface area contributed by atoms with E-state index in [4.69, 9.17) is 5.73 Å². The lowest BCUT2D eigenvalue weighted by Gasteiger charge is -2.11. The quantitative estimate of drug-likeness (QED) is 0.679. The van der Waals surface area contributed by atoms with Gasteiger partial charge in [-0.25, -0.2) is 0 Å². The van der Waals surface area contributed by atoms with Gasteiger partial charge in [-0.3, -0.25) is 0 Å². The van der Waals surface area contributed by atoms with Gasteiger partial charge in [0, 0.05) is 7.05 Å². The summed E-state index contributed by atoms with van der Waals surface area (Å²) in [6, 6.07) is -2.05. The molecule has 0 radical (unpaired) electrons. The number of hydrogen-bond acceptors (Lipinski definition) is 3. The first-order chi connectivity index (χ1) is 5.41. The van der Waals surface area contributed by atoms with Crippen molar-refractivity contribution in [2.75, 3.05) is 0 Å². The van der Waals surface area contributed by atoms with Crippen molar-refractivity contribution in [3.05, 3.63) is 11.9 Å². The summed E-state index contributed by atoms with van der Waals surface area (Å²) < 4.78 is 35.8. The van der Waals surface area contributed by atoms with Crippen LogP contribution in [0.25, 0.3) is 0 Å². The third-order valence-electron chi connectivity index (χ3n) is 1.29. The standard InChI is InChI=1S/C5H7F3N4/c1-12-10-2-3(11-12)4(9)5(6,7)8/h2,4H,9H2,1H3. The Morgan fingerprint density at radius 3 is 2.50 bits per heavy atom. The molecule has 1 heterocycles. The molecule has 0 aliphatic rings. The Hall–Kier alpha value is -1.11. The first kappa shape index (κ1) is 8.98. The van der Waals surface area contributed by atoms with Crippen LogP contribution in [0.3, 0.4) is 0 Å². The SMILES string of the molecule is Cn1ncc(C(N)C(F)(F)F)n1. The van der Waals surface area contributed by atoms with E-state index in [1.807, 2.05) is 0 Å². The van der Waals surface area contributed by atoms with Crippen LogP contribution in [-0.4, -0.2) is 21.2 Å². The predicted octanol–water partition coefficient (Wildman–Crippen LogP) is 0.377. The zero-order valence-corrected chi connectivity index (χ0v) is 6.21. The molecule has 0 aliphatic carbocycles. The molecule has 1 atom stereocenters. The molecule has 1 aromatic rings. The van der Waals surface area contributed by atoms with Crippen LogP contribution < -0.4 is 5.73 Å². The Labute approximate surface area is 66.2 Å². The minimum atomic E-state index is -4.46. The molecule has 0 aliphatic heterocycles. The first-order valence-electron chi connectivity index (χ1n) is 3.10. The lowest BCUT2D eigenvalue weighted by molar-refractivity contribution is -0.150. The van der Waals surface area contributed by atoms with Crippen molar-refractivity contribution in [2.45, 2.75) is 12.2 Å². The van der Waals surface area contributed by atoms with E-state index < -0.39 is 12.2 Å². The van der Waals surface area contributed by atoms with E-state index in [0.29, 0.717) is 0 Å². The number of nitrogens with two attached hydrogens (primary N) is 1. The van der Waals surface area contributed by atoms with Crippen molar-refractivity contribution in [1.29, 1.82) is 0 Å². The number of halogens is 3. The van der Waals surface area contributed by atoms with Gasteiger partial charge in [-0.15, -0.1) is 0 Å². The molecular weight excluding hydrogens is 173 g/mol. The van der Waals surface area contributed by atoms with Crippen LogP contribution in [0.4, 0.5) is 13.2 Å². The molecular formula is C5H7F3N4. The summed E-state index contributed by atoms with van der Waals surface area (Å²) in [5.74, 6) is 0. The highest BCUT2D eigenvalue weighted by atomic mass is 19.4. The average Bonchev–Trinajstić information content (AvgIpc) is 2.32. The number of rotatable bonds is 1. The van der Waals surface area contributed by atoms with Gasteiger partial charge in [-0.1, -0.05) is 0 Å². The maximum absolute atomic E-state index is 11.9. The van der Waals surface area contributed by atoms with Gasteiger partial charge in [0.05, 0.1) is 6.20 Å². The molecule has 7 heteroatoms. The second-order valence-electron chi connectivity index (χ2n) is 2.28. The molecule has 0 amide bonds. The molecule has 0 spiro atoms. The number of alkyl halides is 3. The van der Waals surface area contributed by atoms with Gasteiger partial charge in [0.1, 0.15) is 11.7 Å². The van der Waals surface area contributed by atoms with E-state index >= 15 is 0 Å². The van der Waals surface area contributed by atoms with Gasteiger partial charge < -0.3 is 5.73 Å². The summed E-state index contributed by atoms with van der Waals surface area (Å²) in [4.78, 5) is 1.03. The molecule has 0 aromatic carbocycles. The maximum atomic E-state index is 11.9. The van der Waals surface area contributed by atoms with E-state index in [2.05, 4.69) is 10.2 Å². The summed E-state index contributed by atoms with van der Waals surface area (Å²) in [7, 11) is 1.42. The largest absolute Gasteiger partial charge is 0.409 e. The lowest BCUT2D eigenvalue weighted by Crippen LogP contribution is -2.28. The molecule has 0 saturated carbocycles. The number of aromatic nitrogens is 3. The summed E-state index contributed by atoms with van der Waals surface area (Å²) in [6.45, 7) is 0. The third kappa shape index (κ3) is 1.73. The average molecular weight is 180 g/mol. The van der Waals surface area contributed by atoms with E-state index in [1.165, 1.54) is 7.05 Å². The number of nitrogens with zero attached hydrogens (tertiary/aromatic N) is 3. The van der Waals surface area contributed by atoms with E-state index in [9.17, 15) is 13.2 Å². The minimum Gasteiger partial charge on any atom is -0.315 e.